The molecule has 1 heterocycles. The van der Waals surface area contributed by atoms with Crippen LogP contribution in [0.3, 0.4) is 0 Å². The fourth-order valence-electron chi connectivity index (χ4n) is 1.12. The second kappa shape index (κ2) is 4.05. The first-order valence-corrected chi connectivity index (χ1v) is 5.19. The van der Waals surface area contributed by atoms with Crippen molar-refractivity contribution in [2.75, 3.05) is 7.11 Å². The highest BCUT2D eigenvalue weighted by Crippen LogP contribution is 2.15. The summed E-state index contributed by atoms with van der Waals surface area (Å²) >= 11 is 1.88. The van der Waals surface area contributed by atoms with E-state index in [2.05, 4.69) is 9.79 Å². The quantitative estimate of drug-likeness (QED) is 0.602. The largest absolute Gasteiger partial charge is 0.538 e. The number of hydrogen-bond acceptors (Lipinski definition) is 4. The van der Waals surface area contributed by atoms with Gasteiger partial charge in [-0.2, -0.15) is 0 Å². The monoisotopic (exact) mass is 318 g/mol. The lowest BCUT2D eigenvalue weighted by molar-refractivity contribution is -0.682. The van der Waals surface area contributed by atoms with Crippen LogP contribution in [0.15, 0.2) is 28.8 Å². The van der Waals surface area contributed by atoms with Crippen molar-refractivity contribution in [1.29, 1.82) is 0 Å². The van der Waals surface area contributed by atoms with Crippen LogP contribution in [0.25, 0.3) is 5.69 Å². The van der Waals surface area contributed by atoms with E-state index in [1.807, 2.05) is 22.6 Å². The Bertz CT molecular complexity index is 467. The molecule has 6 heteroatoms. The molecule has 0 amide bonds. The summed E-state index contributed by atoms with van der Waals surface area (Å²) in [5.41, 5.74) is 0.756. The molecule has 0 aliphatic rings. The van der Waals surface area contributed by atoms with E-state index in [4.69, 9.17) is 4.74 Å². The highest BCUT2D eigenvalue weighted by Gasteiger charge is 2.16. The molecule has 1 aromatic carbocycles. The van der Waals surface area contributed by atoms with Gasteiger partial charge in [0.05, 0.1) is 12.4 Å². The molecule has 2 aromatic rings. The Hall–Kier alpha value is -1.31. The maximum absolute atomic E-state index is 11.1. The fraction of sp³-hybridized carbons (Fsp3) is 0.111. The summed E-state index contributed by atoms with van der Waals surface area (Å²) in [6.45, 7) is 0. The first-order valence-electron chi connectivity index (χ1n) is 4.11. The molecule has 1 aromatic heterocycles. The number of nitrogens with zero attached hydrogens (tertiary/aromatic N) is 2. The van der Waals surface area contributed by atoms with E-state index in [9.17, 15) is 5.11 Å². The standard InChI is InChI=1S/C9H7IN2O3/c1-14-7-4-2-6(3-5-7)12-8(10)9(13)15-11-12/h2-5H,1H3. The molecule has 0 saturated carbocycles. The summed E-state index contributed by atoms with van der Waals surface area (Å²) in [5, 5.41) is 14.7. The first kappa shape index (κ1) is 10.2. The fourth-order valence-corrected chi connectivity index (χ4v) is 1.59. The zero-order valence-corrected chi connectivity index (χ0v) is 9.96. The van der Waals surface area contributed by atoms with Gasteiger partial charge in [0.15, 0.2) is 5.95 Å². The summed E-state index contributed by atoms with van der Waals surface area (Å²) in [7, 11) is 1.59. The lowest BCUT2D eigenvalue weighted by atomic mass is 10.3. The van der Waals surface area contributed by atoms with Gasteiger partial charge in [0, 0.05) is 34.7 Å². The smallest absolute Gasteiger partial charge is 0.298 e. The van der Waals surface area contributed by atoms with Gasteiger partial charge < -0.3 is 14.4 Å². The normalized spacial score (nSPS) is 10.3. The van der Waals surface area contributed by atoms with E-state index in [1.165, 1.54) is 4.68 Å². The van der Waals surface area contributed by atoms with E-state index in [0.717, 1.165) is 11.4 Å². The first-order chi connectivity index (χ1) is 7.22. The Morgan fingerprint density at radius 3 is 2.53 bits per heavy atom. The van der Waals surface area contributed by atoms with Gasteiger partial charge >= 0.3 is 0 Å². The molecule has 0 aliphatic heterocycles. The van der Waals surface area contributed by atoms with Crippen molar-refractivity contribution in [2.24, 2.45) is 0 Å². The number of methoxy groups -OCH3 is 1. The molecular formula is C9H7IN2O3. The Morgan fingerprint density at radius 2 is 2.07 bits per heavy atom. The predicted octanol–water partition coefficient (Wildman–Crippen LogP) is 0.638. The number of benzene rings is 1. The van der Waals surface area contributed by atoms with Gasteiger partial charge in [0.2, 0.25) is 5.69 Å². The molecule has 2 rings (SSSR count). The molecule has 0 atom stereocenters. The van der Waals surface area contributed by atoms with Crippen LogP contribution in [0.5, 0.6) is 11.7 Å². The van der Waals surface area contributed by atoms with Crippen LogP contribution in [0.1, 0.15) is 0 Å². The number of rotatable bonds is 2. The Balaban J connectivity index is 2.41. The number of hydrogen-bond donors (Lipinski definition) is 0. The van der Waals surface area contributed by atoms with Gasteiger partial charge in [-0.15, -0.1) is 0 Å². The zero-order valence-electron chi connectivity index (χ0n) is 7.81. The minimum absolute atomic E-state index is 0.415. The van der Waals surface area contributed by atoms with Gasteiger partial charge in [0.1, 0.15) is 5.75 Å². The van der Waals surface area contributed by atoms with Gasteiger partial charge in [-0.3, -0.25) is 0 Å². The van der Waals surface area contributed by atoms with Crippen LogP contribution in [0.2, 0.25) is 0 Å². The summed E-state index contributed by atoms with van der Waals surface area (Å²) in [6, 6.07) is 7.17. The molecular weight excluding hydrogens is 311 g/mol. The Morgan fingerprint density at radius 1 is 1.40 bits per heavy atom. The third-order valence-corrected chi connectivity index (χ3v) is 2.77. The van der Waals surface area contributed by atoms with E-state index < -0.39 is 5.95 Å². The zero-order chi connectivity index (χ0) is 10.8. The Labute approximate surface area is 99.4 Å². The summed E-state index contributed by atoms with van der Waals surface area (Å²) in [5.74, 6) is 0.312. The molecule has 5 nitrogen and oxygen atoms in total. The second-order valence-electron chi connectivity index (χ2n) is 2.76. The van der Waals surface area contributed by atoms with E-state index in [0.29, 0.717) is 3.70 Å². The molecule has 78 valence electrons. The van der Waals surface area contributed by atoms with Crippen molar-refractivity contribution >= 4 is 22.6 Å². The van der Waals surface area contributed by atoms with Crippen LogP contribution in [0.4, 0.5) is 0 Å². The van der Waals surface area contributed by atoms with Crippen LogP contribution in [0, 0.1) is 3.70 Å². The lowest BCUT2D eigenvalue weighted by Crippen LogP contribution is -2.35. The molecule has 0 N–H and O–H groups in total. The minimum Gasteiger partial charge on any atom is -0.538 e. The van der Waals surface area contributed by atoms with Crippen molar-refractivity contribution in [3.05, 3.63) is 28.0 Å². The van der Waals surface area contributed by atoms with Crippen molar-refractivity contribution in [2.45, 2.75) is 0 Å². The third-order valence-electron chi connectivity index (χ3n) is 1.88. The highest BCUT2D eigenvalue weighted by molar-refractivity contribution is 14.1. The lowest BCUT2D eigenvalue weighted by Gasteiger charge is -1.96. The van der Waals surface area contributed by atoms with E-state index >= 15 is 0 Å². The molecule has 0 spiro atoms. The van der Waals surface area contributed by atoms with Gasteiger partial charge in [-0.1, -0.05) is 0 Å². The molecule has 0 fully saturated rings. The average molecular weight is 318 g/mol. The van der Waals surface area contributed by atoms with Crippen molar-refractivity contribution in [3.8, 4) is 17.4 Å². The second-order valence-corrected chi connectivity index (χ2v) is 3.78. The minimum atomic E-state index is -0.439. The molecule has 0 radical (unpaired) electrons. The van der Waals surface area contributed by atoms with E-state index in [-0.39, 0.29) is 0 Å². The molecule has 0 bridgehead atoms. The van der Waals surface area contributed by atoms with Crippen molar-refractivity contribution < 1.29 is 19.0 Å². The summed E-state index contributed by atoms with van der Waals surface area (Å²) in [6.07, 6.45) is 0. The predicted molar refractivity (Wildman–Crippen MR) is 56.8 cm³/mol. The van der Waals surface area contributed by atoms with Crippen LogP contribution in [-0.2, 0) is 0 Å². The maximum atomic E-state index is 11.1. The Kier molecular flexibility index (Phi) is 2.76. The highest BCUT2D eigenvalue weighted by atomic mass is 127. The van der Waals surface area contributed by atoms with Crippen LogP contribution in [-0.4, -0.2) is 12.4 Å². The van der Waals surface area contributed by atoms with Crippen molar-refractivity contribution in [1.82, 2.24) is 5.27 Å². The summed E-state index contributed by atoms with van der Waals surface area (Å²) < 4.78 is 11.4. The SMILES string of the molecule is COc1ccc(-[n+]2noc([O-])c2I)cc1. The molecule has 0 unspecified atom stereocenters. The van der Waals surface area contributed by atoms with Gasteiger partial charge in [-0.05, 0) is 16.8 Å². The van der Waals surface area contributed by atoms with Gasteiger partial charge in [0.25, 0.3) is 3.70 Å². The number of aromatic nitrogens is 2. The molecule has 15 heavy (non-hydrogen) atoms. The topological polar surface area (TPSA) is 62.2 Å². The van der Waals surface area contributed by atoms with Crippen LogP contribution < -0.4 is 14.5 Å². The molecule has 0 saturated heterocycles. The number of halogens is 1. The van der Waals surface area contributed by atoms with Crippen molar-refractivity contribution in [3.63, 3.8) is 0 Å². The van der Waals surface area contributed by atoms with E-state index in [1.54, 1.807) is 31.4 Å². The molecule has 0 aliphatic carbocycles. The average Bonchev–Trinajstić information content (AvgIpc) is 2.60. The summed E-state index contributed by atoms with van der Waals surface area (Å²) in [4.78, 5) is 0. The number of ether oxygens (including phenoxy) is 1. The third kappa shape index (κ3) is 1.89. The van der Waals surface area contributed by atoms with Gasteiger partial charge in [-0.25, -0.2) is 0 Å². The van der Waals surface area contributed by atoms with Crippen LogP contribution >= 0.6 is 22.6 Å². The maximum Gasteiger partial charge on any atom is 0.298 e.